The summed E-state index contributed by atoms with van der Waals surface area (Å²) in [6.45, 7) is 5.99. The Morgan fingerprint density at radius 1 is 1.43 bits per heavy atom. The summed E-state index contributed by atoms with van der Waals surface area (Å²) in [5.74, 6) is 0.561. The molecular weight excluding hydrogens is 336 g/mol. The Labute approximate surface area is 134 Å². The number of methoxy groups -OCH3 is 1. The van der Waals surface area contributed by atoms with Gasteiger partial charge in [0.2, 0.25) is 0 Å². The van der Waals surface area contributed by atoms with Gasteiger partial charge < -0.3 is 20.1 Å². The first-order chi connectivity index (χ1) is 10.1. The Balaban J connectivity index is 2.55. The minimum atomic E-state index is -0.156. The first-order valence-electron chi connectivity index (χ1n) is 6.97. The number of hydrogen-bond acceptors (Lipinski definition) is 4. The van der Waals surface area contributed by atoms with Crippen LogP contribution >= 0.6 is 15.9 Å². The van der Waals surface area contributed by atoms with Crippen LogP contribution in [0.15, 0.2) is 22.7 Å². The van der Waals surface area contributed by atoms with E-state index >= 15 is 0 Å². The van der Waals surface area contributed by atoms with Crippen LogP contribution in [0.4, 0.5) is 0 Å². The van der Waals surface area contributed by atoms with Crippen molar-refractivity contribution in [1.29, 1.82) is 0 Å². The summed E-state index contributed by atoms with van der Waals surface area (Å²) in [6, 6.07) is 5.72. The van der Waals surface area contributed by atoms with E-state index in [1.54, 1.807) is 7.11 Å². The van der Waals surface area contributed by atoms with Crippen molar-refractivity contribution in [3.8, 4) is 5.75 Å². The summed E-state index contributed by atoms with van der Waals surface area (Å²) in [6.07, 6.45) is 0. The van der Waals surface area contributed by atoms with Crippen molar-refractivity contribution in [2.24, 2.45) is 0 Å². The van der Waals surface area contributed by atoms with Gasteiger partial charge in [0, 0.05) is 29.7 Å². The first-order valence-corrected chi connectivity index (χ1v) is 7.76. The quantitative estimate of drug-likeness (QED) is 0.709. The van der Waals surface area contributed by atoms with Crippen molar-refractivity contribution in [3.63, 3.8) is 0 Å². The lowest BCUT2D eigenvalue weighted by molar-refractivity contribution is -0.124. The molecule has 0 fully saturated rings. The number of nitrogens with one attached hydrogen (secondary N) is 2. The number of rotatable bonds is 9. The molecule has 1 aromatic carbocycles. The fourth-order valence-corrected chi connectivity index (χ4v) is 2.25. The number of amides is 1. The zero-order valence-corrected chi connectivity index (χ0v) is 14.3. The highest BCUT2D eigenvalue weighted by atomic mass is 79.9. The van der Waals surface area contributed by atoms with Gasteiger partial charge in [-0.2, -0.15) is 0 Å². The highest BCUT2D eigenvalue weighted by Gasteiger charge is 2.10. The molecule has 118 valence electrons. The van der Waals surface area contributed by atoms with Gasteiger partial charge in [-0.1, -0.05) is 22.9 Å². The van der Waals surface area contributed by atoms with E-state index < -0.39 is 0 Å². The van der Waals surface area contributed by atoms with Crippen molar-refractivity contribution >= 4 is 21.8 Å². The molecule has 1 rings (SSSR count). The third kappa shape index (κ3) is 6.93. The molecule has 21 heavy (non-hydrogen) atoms. The summed E-state index contributed by atoms with van der Waals surface area (Å²) in [7, 11) is 1.61. The maximum atomic E-state index is 11.8. The Bertz CT molecular complexity index is 455. The molecule has 1 amide bonds. The number of carbonyl (C=O) groups is 1. The zero-order valence-electron chi connectivity index (χ0n) is 12.7. The summed E-state index contributed by atoms with van der Waals surface area (Å²) in [5.41, 5.74) is 1.02. The van der Waals surface area contributed by atoms with E-state index in [1.807, 2.05) is 32.0 Å². The molecule has 1 atom stereocenters. The fourth-order valence-electron chi connectivity index (χ4n) is 1.84. The number of hydrogen-bond donors (Lipinski definition) is 2. The van der Waals surface area contributed by atoms with Gasteiger partial charge in [-0.3, -0.25) is 4.79 Å². The second-order valence-electron chi connectivity index (χ2n) is 4.74. The fraction of sp³-hybridized carbons (Fsp3) is 0.533. The molecule has 0 heterocycles. The number of ether oxygens (including phenoxy) is 2. The van der Waals surface area contributed by atoms with Gasteiger partial charge in [0.05, 0.1) is 6.61 Å². The highest BCUT2D eigenvalue weighted by Crippen LogP contribution is 2.23. The molecule has 0 aromatic heterocycles. The normalized spacial score (nSPS) is 12.0. The van der Waals surface area contributed by atoms with E-state index in [9.17, 15) is 4.79 Å². The van der Waals surface area contributed by atoms with Crippen LogP contribution in [-0.4, -0.2) is 38.8 Å². The Hall–Kier alpha value is -1.11. The average molecular weight is 359 g/mol. The van der Waals surface area contributed by atoms with Crippen LogP contribution in [0.1, 0.15) is 19.4 Å². The Kier molecular flexibility index (Phi) is 8.34. The lowest BCUT2D eigenvalue weighted by Gasteiger charge is -2.15. The smallest absolute Gasteiger partial charge is 0.258 e. The average Bonchev–Trinajstić information content (AvgIpc) is 2.44. The second-order valence-corrected chi connectivity index (χ2v) is 5.66. The van der Waals surface area contributed by atoms with Gasteiger partial charge in [0.25, 0.3) is 5.91 Å². The molecule has 1 aromatic rings. The lowest BCUT2D eigenvalue weighted by atomic mass is 10.2. The molecule has 0 saturated carbocycles. The van der Waals surface area contributed by atoms with Gasteiger partial charge in [0.15, 0.2) is 6.61 Å². The van der Waals surface area contributed by atoms with Crippen LogP contribution in [0.25, 0.3) is 0 Å². The molecule has 0 bridgehead atoms. The number of benzene rings is 1. The van der Waals surface area contributed by atoms with Crippen LogP contribution < -0.4 is 15.4 Å². The molecule has 6 heteroatoms. The van der Waals surface area contributed by atoms with Crippen LogP contribution in [0.3, 0.4) is 0 Å². The van der Waals surface area contributed by atoms with Crippen LogP contribution in [0.2, 0.25) is 0 Å². The van der Waals surface area contributed by atoms with Gasteiger partial charge in [-0.05, 0) is 31.7 Å². The maximum absolute atomic E-state index is 11.8. The molecule has 0 saturated heterocycles. The van der Waals surface area contributed by atoms with Crippen molar-refractivity contribution < 1.29 is 14.3 Å². The summed E-state index contributed by atoms with van der Waals surface area (Å²) in [4.78, 5) is 11.8. The SMILES string of the molecule is CCNCc1cc(Br)ccc1OCC(=O)NC(C)COC. The zero-order chi connectivity index (χ0) is 15.7. The third-order valence-corrected chi connectivity index (χ3v) is 3.26. The highest BCUT2D eigenvalue weighted by molar-refractivity contribution is 9.10. The van der Waals surface area contributed by atoms with E-state index in [1.165, 1.54) is 0 Å². The van der Waals surface area contributed by atoms with Gasteiger partial charge in [0.1, 0.15) is 5.75 Å². The van der Waals surface area contributed by atoms with Gasteiger partial charge in [-0.25, -0.2) is 0 Å². The second kappa shape index (κ2) is 9.76. The predicted molar refractivity (Wildman–Crippen MR) is 86.5 cm³/mol. The van der Waals surface area contributed by atoms with Crippen molar-refractivity contribution in [3.05, 3.63) is 28.2 Å². The summed E-state index contributed by atoms with van der Waals surface area (Å²) < 4.78 is 11.6. The minimum Gasteiger partial charge on any atom is -0.483 e. The first kappa shape index (κ1) is 17.9. The Morgan fingerprint density at radius 2 is 2.19 bits per heavy atom. The predicted octanol–water partition coefficient (Wildman–Crippen LogP) is 2.09. The molecule has 0 aliphatic carbocycles. The molecule has 0 aliphatic heterocycles. The molecule has 5 nitrogen and oxygen atoms in total. The van der Waals surface area contributed by atoms with Crippen LogP contribution in [0.5, 0.6) is 5.75 Å². The van der Waals surface area contributed by atoms with Gasteiger partial charge in [-0.15, -0.1) is 0 Å². The molecule has 0 radical (unpaired) electrons. The Morgan fingerprint density at radius 3 is 2.86 bits per heavy atom. The van der Waals surface area contributed by atoms with Crippen molar-refractivity contribution in [1.82, 2.24) is 10.6 Å². The van der Waals surface area contributed by atoms with E-state index in [2.05, 4.69) is 26.6 Å². The van der Waals surface area contributed by atoms with E-state index in [0.717, 1.165) is 16.6 Å². The van der Waals surface area contributed by atoms with Gasteiger partial charge >= 0.3 is 0 Å². The topological polar surface area (TPSA) is 59.6 Å². The monoisotopic (exact) mass is 358 g/mol. The van der Waals surface area contributed by atoms with E-state index in [4.69, 9.17) is 9.47 Å². The summed E-state index contributed by atoms with van der Waals surface area (Å²) in [5, 5.41) is 6.06. The van der Waals surface area contributed by atoms with Crippen LogP contribution in [-0.2, 0) is 16.1 Å². The lowest BCUT2D eigenvalue weighted by Crippen LogP contribution is -2.38. The summed E-state index contributed by atoms with van der Waals surface area (Å²) >= 11 is 3.44. The van der Waals surface area contributed by atoms with E-state index in [0.29, 0.717) is 18.9 Å². The molecule has 2 N–H and O–H groups in total. The molecular formula is C15H23BrN2O3. The van der Waals surface area contributed by atoms with Crippen molar-refractivity contribution in [2.75, 3.05) is 26.9 Å². The van der Waals surface area contributed by atoms with Crippen LogP contribution in [0, 0.1) is 0 Å². The van der Waals surface area contributed by atoms with Crippen molar-refractivity contribution in [2.45, 2.75) is 26.4 Å². The maximum Gasteiger partial charge on any atom is 0.258 e. The molecule has 0 spiro atoms. The largest absolute Gasteiger partial charge is 0.483 e. The molecule has 1 unspecified atom stereocenters. The number of halogens is 1. The minimum absolute atomic E-state index is 0.00515. The number of carbonyl (C=O) groups excluding carboxylic acids is 1. The standard InChI is InChI=1S/C15H23BrN2O3/c1-4-17-8-12-7-13(16)5-6-14(12)21-10-15(19)18-11(2)9-20-3/h5-7,11,17H,4,8-10H2,1-3H3,(H,18,19). The third-order valence-electron chi connectivity index (χ3n) is 2.77. The van der Waals surface area contributed by atoms with E-state index in [-0.39, 0.29) is 18.6 Å². The molecule has 0 aliphatic rings.